The minimum absolute atomic E-state index is 0.371. The Morgan fingerprint density at radius 3 is 2.28 bits per heavy atom. The molecule has 0 fully saturated rings. The molecule has 0 saturated carbocycles. The summed E-state index contributed by atoms with van der Waals surface area (Å²) in [6.07, 6.45) is 1.01. The third-order valence-corrected chi connectivity index (χ3v) is 5.65. The standard InChI is InChI=1S/C24H19S/c1-3-10-19(11-4-1)18-24(25-21-14-5-2-6-15-21)23-17-9-13-20-12-7-8-16-22(20)23/h1,3-17,24H,18H2. The molecule has 0 spiro atoms. The van der Waals surface area contributed by atoms with E-state index >= 15 is 0 Å². The quantitative estimate of drug-likeness (QED) is 0.364. The SMILES string of the molecule is [c]1ccc(SC(Cc2ccccc2)c2cccc3ccccc23)cc1. The lowest BCUT2D eigenvalue weighted by Gasteiger charge is -2.19. The van der Waals surface area contributed by atoms with E-state index in [-0.39, 0.29) is 0 Å². The Morgan fingerprint density at radius 2 is 1.44 bits per heavy atom. The molecule has 4 aromatic carbocycles. The first-order valence-corrected chi connectivity index (χ1v) is 9.42. The first kappa shape index (κ1) is 16.0. The summed E-state index contributed by atoms with van der Waals surface area (Å²) in [5.41, 5.74) is 2.77. The van der Waals surface area contributed by atoms with E-state index in [2.05, 4.69) is 91.0 Å². The molecule has 0 aromatic heterocycles. The van der Waals surface area contributed by atoms with Crippen LogP contribution in [0.1, 0.15) is 16.4 Å². The van der Waals surface area contributed by atoms with Crippen LogP contribution in [0, 0.1) is 6.07 Å². The number of hydrogen-bond donors (Lipinski definition) is 0. The maximum absolute atomic E-state index is 3.11. The fraction of sp³-hybridized carbons (Fsp3) is 0.0833. The molecule has 0 heterocycles. The van der Waals surface area contributed by atoms with Crippen LogP contribution in [0.15, 0.2) is 102 Å². The molecule has 0 aliphatic rings. The van der Waals surface area contributed by atoms with E-state index in [1.54, 1.807) is 0 Å². The molecule has 0 amide bonds. The second-order valence-corrected chi connectivity index (χ2v) is 7.38. The van der Waals surface area contributed by atoms with E-state index in [1.165, 1.54) is 26.8 Å². The molecule has 25 heavy (non-hydrogen) atoms. The Kier molecular flexibility index (Phi) is 4.85. The minimum atomic E-state index is 0.371. The molecule has 1 heteroatoms. The zero-order valence-corrected chi connectivity index (χ0v) is 14.7. The van der Waals surface area contributed by atoms with Crippen LogP contribution in [-0.4, -0.2) is 0 Å². The van der Waals surface area contributed by atoms with Gasteiger partial charge in [-0.15, -0.1) is 11.8 Å². The Balaban J connectivity index is 1.76. The second kappa shape index (κ2) is 7.58. The van der Waals surface area contributed by atoms with Gasteiger partial charge in [-0.1, -0.05) is 84.9 Å². The Morgan fingerprint density at radius 1 is 0.720 bits per heavy atom. The van der Waals surface area contributed by atoms with Crippen LogP contribution in [0.4, 0.5) is 0 Å². The molecular weight excluding hydrogens is 320 g/mol. The third kappa shape index (κ3) is 3.78. The number of fused-ring (bicyclic) bond motifs is 1. The van der Waals surface area contributed by atoms with E-state index < -0.39 is 0 Å². The van der Waals surface area contributed by atoms with E-state index in [9.17, 15) is 0 Å². The Labute approximate surface area is 153 Å². The smallest absolute Gasteiger partial charge is 0.0390 e. The minimum Gasteiger partial charge on any atom is -0.118 e. The lowest BCUT2D eigenvalue weighted by molar-refractivity contribution is 0.939. The first-order valence-electron chi connectivity index (χ1n) is 8.54. The van der Waals surface area contributed by atoms with Crippen LogP contribution in [0.2, 0.25) is 0 Å². The third-order valence-electron chi connectivity index (χ3n) is 4.40. The van der Waals surface area contributed by atoms with Crippen molar-refractivity contribution in [2.75, 3.05) is 0 Å². The largest absolute Gasteiger partial charge is 0.118 e. The topological polar surface area (TPSA) is 0 Å². The molecule has 0 saturated heterocycles. The Hall–Kier alpha value is -2.51. The van der Waals surface area contributed by atoms with Crippen molar-refractivity contribution in [2.45, 2.75) is 16.6 Å². The highest BCUT2D eigenvalue weighted by Gasteiger charge is 2.16. The van der Waals surface area contributed by atoms with Crippen LogP contribution >= 0.6 is 11.8 Å². The van der Waals surface area contributed by atoms with Crippen LogP contribution in [0.25, 0.3) is 10.8 Å². The van der Waals surface area contributed by atoms with E-state index in [4.69, 9.17) is 0 Å². The average Bonchev–Trinajstić information content (AvgIpc) is 2.69. The molecule has 121 valence electrons. The molecule has 1 radical (unpaired) electrons. The summed E-state index contributed by atoms with van der Waals surface area (Å²) in [6.45, 7) is 0. The summed E-state index contributed by atoms with van der Waals surface area (Å²) in [5, 5.41) is 3.02. The van der Waals surface area contributed by atoms with Crippen LogP contribution in [0.5, 0.6) is 0 Å². The van der Waals surface area contributed by atoms with Crippen molar-refractivity contribution in [1.29, 1.82) is 0 Å². The summed E-state index contributed by atoms with van der Waals surface area (Å²) in [6, 6.07) is 37.5. The van der Waals surface area contributed by atoms with Gasteiger partial charge in [0.25, 0.3) is 0 Å². The van der Waals surface area contributed by atoms with Gasteiger partial charge in [-0.05, 0) is 46.5 Å². The number of rotatable bonds is 5. The monoisotopic (exact) mass is 339 g/mol. The Bertz CT molecular complexity index is 898. The fourth-order valence-corrected chi connectivity index (χ4v) is 4.42. The van der Waals surface area contributed by atoms with Crippen LogP contribution in [-0.2, 0) is 6.42 Å². The van der Waals surface area contributed by atoms with Crippen molar-refractivity contribution >= 4 is 22.5 Å². The van der Waals surface area contributed by atoms with E-state index in [1.807, 2.05) is 23.9 Å². The molecule has 4 rings (SSSR count). The van der Waals surface area contributed by atoms with Gasteiger partial charge in [0, 0.05) is 10.1 Å². The van der Waals surface area contributed by atoms with Gasteiger partial charge >= 0.3 is 0 Å². The number of hydrogen-bond acceptors (Lipinski definition) is 1. The highest BCUT2D eigenvalue weighted by atomic mass is 32.2. The average molecular weight is 339 g/mol. The van der Waals surface area contributed by atoms with Crippen molar-refractivity contribution in [3.63, 3.8) is 0 Å². The summed E-state index contributed by atoms with van der Waals surface area (Å²) < 4.78 is 0. The van der Waals surface area contributed by atoms with E-state index in [0.717, 1.165) is 6.42 Å². The van der Waals surface area contributed by atoms with Crippen molar-refractivity contribution in [3.8, 4) is 0 Å². The summed E-state index contributed by atoms with van der Waals surface area (Å²) in [5.74, 6) is 0. The first-order chi connectivity index (χ1) is 12.4. The molecule has 0 aliphatic carbocycles. The van der Waals surface area contributed by atoms with Gasteiger partial charge < -0.3 is 0 Å². The molecule has 0 N–H and O–H groups in total. The fourth-order valence-electron chi connectivity index (χ4n) is 3.19. The van der Waals surface area contributed by atoms with Gasteiger partial charge in [-0.2, -0.15) is 0 Å². The van der Waals surface area contributed by atoms with Gasteiger partial charge in [-0.25, -0.2) is 0 Å². The van der Waals surface area contributed by atoms with Crippen LogP contribution in [0.3, 0.4) is 0 Å². The molecule has 1 unspecified atom stereocenters. The van der Waals surface area contributed by atoms with Gasteiger partial charge in [0.1, 0.15) is 0 Å². The molecule has 1 atom stereocenters. The van der Waals surface area contributed by atoms with Crippen LogP contribution < -0.4 is 0 Å². The normalized spacial score (nSPS) is 12.2. The maximum atomic E-state index is 3.11. The van der Waals surface area contributed by atoms with Gasteiger partial charge in [0.2, 0.25) is 0 Å². The highest BCUT2D eigenvalue weighted by Crippen LogP contribution is 2.40. The molecule has 0 aliphatic heterocycles. The highest BCUT2D eigenvalue weighted by molar-refractivity contribution is 7.99. The van der Waals surface area contributed by atoms with Crippen molar-refractivity contribution in [1.82, 2.24) is 0 Å². The summed E-state index contributed by atoms with van der Waals surface area (Å²) in [7, 11) is 0. The zero-order chi connectivity index (χ0) is 16.9. The lowest BCUT2D eigenvalue weighted by atomic mass is 9.98. The van der Waals surface area contributed by atoms with E-state index in [0.29, 0.717) is 5.25 Å². The number of thioether (sulfide) groups is 1. The molecule has 4 aromatic rings. The van der Waals surface area contributed by atoms with Crippen molar-refractivity contribution in [3.05, 3.63) is 114 Å². The van der Waals surface area contributed by atoms with Crippen molar-refractivity contribution in [2.24, 2.45) is 0 Å². The van der Waals surface area contributed by atoms with Gasteiger partial charge in [0.15, 0.2) is 0 Å². The second-order valence-electron chi connectivity index (χ2n) is 6.10. The summed E-state index contributed by atoms with van der Waals surface area (Å²) in [4.78, 5) is 1.28. The molecular formula is C24H19S. The molecule has 0 bridgehead atoms. The predicted molar refractivity (Wildman–Crippen MR) is 108 cm³/mol. The summed E-state index contributed by atoms with van der Waals surface area (Å²) >= 11 is 1.93. The van der Waals surface area contributed by atoms with Crippen molar-refractivity contribution < 1.29 is 0 Å². The maximum Gasteiger partial charge on any atom is 0.0390 e. The van der Waals surface area contributed by atoms with Gasteiger partial charge in [-0.3, -0.25) is 0 Å². The zero-order valence-electron chi connectivity index (χ0n) is 13.9. The lowest BCUT2D eigenvalue weighted by Crippen LogP contribution is -2.00. The predicted octanol–water partition coefficient (Wildman–Crippen LogP) is 6.72. The molecule has 0 nitrogen and oxygen atoms in total. The number of benzene rings is 4. The van der Waals surface area contributed by atoms with Gasteiger partial charge in [0.05, 0.1) is 0 Å².